The van der Waals surface area contributed by atoms with Gasteiger partial charge in [-0.05, 0) is 25.0 Å². The number of halogens is 2. The lowest BCUT2D eigenvalue weighted by Crippen LogP contribution is -2.11. The molecule has 0 aliphatic carbocycles. The maximum atomic E-state index is 13.3. The molecule has 0 unspecified atom stereocenters. The van der Waals surface area contributed by atoms with Gasteiger partial charge in [-0.2, -0.15) is 0 Å². The molecule has 0 aliphatic heterocycles. The zero-order valence-electron chi connectivity index (χ0n) is 7.77. The Morgan fingerprint density at radius 2 is 2.15 bits per heavy atom. The Morgan fingerprint density at radius 1 is 1.54 bits per heavy atom. The Bertz CT molecular complexity index is 312. The lowest BCUT2D eigenvalue weighted by atomic mass is 10.0. The SMILES string of the molecule is CC[C@H](N)c1c(F)ccc(C)c1Cl. The van der Waals surface area contributed by atoms with Crippen LogP contribution in [-0.4, -0.2) is 0 Å². The smallest absolute Gasteiger partial charge is 0.129 e. The van der Waals surface area contributed by atoms with Gasteiger partial charge in [-0.15, -0.1) is 0 Å². The number of rotatable bonds is 2. The van der Waals surface area contributed by atoms with Gasteiger partial charge in [0.25, 0.3) is 0 Å². The van der Waals surface area contributed by atoms with E-state index >= 15 is 0 Å². The van der Waals surface area contributed by atoms with E-state index in [-0.39, 0.29) is 11.9 Å². The minimum Gasteiger partial charge on any atom is -0.324 e. The van der Waals surface area contributed by atoms with Crippen molar-refractivity contribution in [1.29, 1.82) is 0 Å². The number of benzene rings is 1. The van der Waals surface area contributed by atoms with Gasteiger partial charge >= 0.3 is 0 Å². The molecule has 13 heavy (non-hydrogen) atoms. The largest absolute Gasteiger partial charge is 0.324 e. The zero-order valence-corrected chi connectivity index (χ0v) is 8.53. The molecule has 3 heteroatoms. The molecular weight excluding hydrogens is 189 g/mol. The standard InChI is InChI=1S/C10H13ClFN/c1-3-8(13)9-7(12)5-4-6(2)10(9)11/h4-5,8H,3,13H2,1-2H3/t8-/m0/s1. The molecule has 1 nitrogen and oxygen atoms in total. The molecule has 0 aromatic heterocycles. The molecule has 1 aromatic carbocycles. The molecule has 2 N–H and O–H groups in total. The predicted molar refractivity (Wildman–Crippen MR) is 53.4 cm³/mol. The number of aryl methyl sites for hydroxylation is 1. The van der Waals surface area contributed by atoms with Crippen LogP contribution in [0.15, 0.2) is 12.1 Å². The van der Waals surface area contributed by atoms with Crippen molar-refractivity contribution in [2.45, 2.75) is 26.3 Å². The number of hydrogen-bond donors (Lipinski definition) is 1. The second kappa shape index (κ2) is 4.07. The average molecular weight is 202 g/mol. The second-order valence-corrected chi connectivity index (χ2v) is 3.48. The summed E-state index contributed by atoms with van der Waals surface area (Å²) in [5.74, 6) is -0.315. The summed E-state index contributed by atoms with van der Waals surface area (Å²) < 4.78 is 13.3. The highest BCUT2D eigenvalue weighted by molar-refractivity contribution is 6.32. The van der Waals surface area contributed by atoms with Crippen LogP contribution >= 0.6 is 11.6 Å². The molecule has 1 atom stereocenters. The van der Waals surface area contributed by atoms with Crippen molar-refractivity contribution < 1.29 is 4.39 Å². The van der Waals surface area contributed by atoms with Crippen molar-refractivity contribution in [3.8, 4) is 0 Å². The molecule has 0 radical (unpaired) electrons. The van der Waals surface area contributed by atoms with Gasteiger partial charge < -0.3 is 5.73 Å². The molecule has 0 aliphatic rings. The van der Waals surface area contributed by atoms with Crippen molar-refractivity contribution in [3.05, 3.63) is 34.1 Å². The lowest BCUT2D eigenvalue weighted by Gasteiger charge is -2.13. The van der Waals surface area contributed by atoms with Crippen molar-refractivity contribution in [2.24, 2.45) is 5.73 Å². The van der Waals surface area contributed by atoms with E-state index in [1.165, 1.54) is 6.07 Å². The van der Waals surface area contributed by atoms with Gasteiger partial charge in [-0.1, -0.05) is 24.6 Å². The Morgan fingerprint density at radius 3 is 2.69 bits per heavy atom. The van der Waals surface area contributed by atoms with E-state index in [0.29, 0.717) is 17.0 Å². The molecule has 0 heterocycles. The highest BCUT2D eigenvalue weighted by Gasteiger charge is 2.14. The van der Waals surface area contributed by atoms with Crippen LogP contribution in [0.3, 0.4) is 0 Å². The average Bonchev–Trinajstić information content (AvgIpc) is 2.12. The van der Waals surface area contributed by atoms with Gasteiger partial charge in [-0.3, -0.25) is 0 Å². The molecule has 0 saturated heterocycles. The fourth-order valence-corrected chi connectivity index (χ4v) is 1.52. The van der Waals surface area contributed by atoms with E-state index in [0.717, 1.165) is 5.56 Å². The summed E-state index contributed by atoms with van der Waals surface area (Å²) in [6, 6.07) is 2.75. The number of hydrogen-bond acceptors (Lipinski definition) is 1. The third-order valence-corrected chi connectivity index (χ3v) is 2.63. The van der Waals surface area contributed by atoms with Gasteiger partial charge in [0.2, 0.25) is 0 Å². The van der Waals surface area contributed by atoms with Crippen LogP contribution in [-0.2, 0) is 0 Å². The van der Waals surface area contributed by atoms with Gasteiger partial charge in [0.05, 0.1) is 5.02 Å². The van der Waals surface area contributed by atoms with Crippen LogP contribution in [0.4, 0.5) is 4.39 Å². The summed E-state index contributed by atoms with van der Waals surface area (Å²) in [5.41, 5.74) is 7.04. The van der Waals surface area contributed by atoms with Crippen LogP contribution < -0.4 is 5.73 Å². The second-order valence-electron chi connectivity index (χ2n) is 3.11. The van der Waals surface area contributed by atoms with E-state index in [4.69, 9.17) is 17.3 Å². The summed E-state index contributed by atoms with van der Waals surface area (Å²) in [7, 11) is 0. The van der Waals surface area contributed by atoms with Crippen LogP contribution in [0.25, 0.3) is 0 Å². The first-order chi connectivity index (χ1) is 6.07. The fourth-order valence-electron chi connectivity index (χ4n) is 1.22. The van der Waals surface area contributed by atoms with Gasteiger partial charge in [-0.25, -0.2) is 4.39 Å². The molecule has 0 bridgehead atoms. The zero-order chi connectivity index (χ0) is 10.0. The summed E-state index contributed by atoms with van der Waals surface area (Å²) >= 11 is 5.95. The van der Waals surface area contributed by atoms with E-state index in [9.17, 15) is 4.39 Å². The maximum absolute atomic E-state index is 13.3. The minimum absolute atomic E-state index is 0.313. The van der Waals surface area contributed by atoms with Gasteiger partial charge in [0.15, 0.2) is 0 Å². The van der Waals surface area contributed by atoms with Crippen molar-refractivity contribution >= 4 is 11.6 Å². The van der Waals surface area contributed by atoms with E-state index in [2.05, 4.69) is 0 Å². The first-order valence-electron chi connectivity index (χ1n) is 4.28. The molecule has 0 saturated carbocycles. The van der Waals surface area contributed by atoms with Gasteiger partial charge in [0.1, 0.15) is 5.82 Å². The Hall–Kier alpha value is -0.600. The molecular formula is C10H13ClFN. The van der Waals surface area contributed by atoms with E-state index < -0.39 is 0 Å². The predicted octanol–water partition coefficient (Wildman–Crippen LogP) is 3.20. The van der Waals surface area contributed by atoms with Crippen LogP contribution in [0.5, 0.6) is 0 Å². The van der Waals surface area contributed by atoms with E-state index in [1.54, 1.807) is 6.07 Å². The van der Waals surface area contributed by atoms with Crippen molar-refractivity contribution in [2.75, 3.05) is 0 Å². The molecule has 0 fully saturated rings. The summed E-state index contributed by atoms with van der Waals surface area (Å²) in [4.78, 5) is 0. The third kappa shape index (κ3) is 2.01. The Kier molecular flexibility index (Phi) is 3.28. The maximum Gasteiger partial charge on any atom is 0.129 e. The lowest BCUT2D eigenvalue weighted by molar-refractivity contribution is 0.575. The molecule has 72 valence electrons. The first kappa shape index (κ1) is 10.5. The van der Waals surface area contributed by atoms with Crippen LogP contribution in [0.1, 0.15) is 30.5 Å². The van der Waals surface area contributed by atoms with Crippen molar-refractivity contribution in [1.82, 2.24) is 0 Å². The first-order valence-corrected chi connectivity index (χ1v) is 4.65. The van der Waals surface area contributed by atoms with E-state index in [1.807, 2.05) is 13.8 Å². The molecule has 1 aromatic rings. The monoisotopic (exact) mass is 201 g/mol. The highest BCUT2D eigenvalue weighted by atomic mass is 35.5. The number of nitrogens with two attached hydrogens (primary N) is 1. The van der Waals surface area contributed by atoms with Crippen molar-refractivity contribution in [3.63, 3.8) is 0 Å². The minimum atomic E-state index is -0.315. The third-order valence-electron chi connectivity index (χ3n) is 2.13. The highest BCUT2D eigenvalue weighted by Crippen LogP contribution is 2.28. The van der Waals surface area contributed by atoms with Gasteiger partial charge in [0, 0.05) is 11.6 Å². The molecule has 1 rings (SSSR count). The summed E-state index contributed by atoms with van der Waals surface area (Å²) in [5, 5.41) is 0.453. The summed E-state index contributed by atoms with van der Waals surface area (Å²) in [6.45, 7) is 3.75. The molecule has 0 spiro atoms. The van der Waals surface area contributed by atoms with Crippen LogP contribution in [0, 0.1) is 12.7 Å². The Labute approximate surface area is 82.7 Å². The summed E-state index contributed by atoms with van der Waals surface area (Å²) in [6.07, 6.45) is 0.681. The topological polar surface area (TPSA) is 26.0 Å². The fraction of sp³-hybridized carbons (Fsp3) is 0.400. The molecule has 0 amide bonds. The Balaban J connectivity index is 3.25. The van der Waals surface area contributed by atoms with Crippen LogP contribution in [0.2, 0.25) is 5.02 Å². The normalized spacial score (nSPS) is 13.0. The quantitative estimate of drug-likeness (QED) is 0.782.